The second kappa shape index (κ2) is 7.22. The Labute approximate surface area is 157 Å². The van der Waals surface area contributed by atoms with E-state index in [2.05, 4.69) is 22.3 Å². The third-order valence-corrected chi connectivity index (χ3v) is 5.54. The van der Waals surface area contributed by atoms with Crippen LogP contribution in [0.3, 0.4) is 0 Å². The second-order valence-electron chi connectivity index (χ2n) is 6.82. The smallest absolute Gasteiger partial charge is 0.248 e. The first kappa shape index (κ1) is 17.3. The Balaban J connectivity index is 1.50. The zero-order valence-corrected chi connectivity index (χ0v) is 15.1. The summed E-state index contributed by atoms with van der Waals surface area (Å²) in [7, 11) is 0. The van der Waals surface area contributed by atoms with E-state index in [1.165, 1.54) is 48.3 Å². The van der Waals surface area contributed by atoms with Crippen LogP contribution in [0.25, 0.3) is 6.08 Å². The average Bonchev–Trinajstić information content (AvgIpc) is 3.10. The summed E-state index contributed by atoms with van der Waals surface area (Å²) in [5.41, 5.74) is 3.69. The molecule has 3 nitrogen and oxygen atoms in total. The molecule has 0 bridgehead atoms. The molecule has 2 aromatic rings. The van der Waals surface area contributed by atoms with Crippen molar-refractivity contribution in [1.29, 1.82) is 0 Å². The first-order valence-electron chi connectivity index (χ1n) is 8.92. The van der Waals surface area contributed by atoms with Gasteiger partial charge in [-0.05, 0) is 67.3 Å². The number of fused-ring (bicyclic) bond motifs is 3. The predicted molar refractivity (Wildman–Crippen MR) is 103 cm³/mol. The molecule has 1 N–H and O–H groups in total. The summed E-state index contributed by atoms with van der Waals surface area (Å²) in [4.78, 5) is 14.8. The Morgan fingerprint density at radius 1 is 1.27 bits per heavy atom. The molecule has 26 heavy (non-hydrogen) atoms. The molecule has 134 valence electrons. The fourth-order valence-corrected chi connectivity index (χ4v) is 4.16. The van der Waals surface area contributed by atoms with Gasteiger partial charge < -0.3 is 5.32 Å². The minimum Gasteiger partial charge on any atom is -0.323 e. The number of halogens is 2. The lowest BCUT2D eigenvalue weighted by molar-refractivity contribution is -0.111. The van der Waals surface area contributed by atoms with E-state index in [0.717, 1.165) is 25.2 Å². The van der Waals surface area contributed by atoms with Crippen LogP contribution in [0.4, 0.5) is 10.1 Å². The molecule has 0 aromatic heterocycles. The number of hydrogen-bond acceptors (Lipinski definition) is 2. The summed E-state index contributed by atoms with van der Waals surface area (Å²) in [6.07, 6.45) is 6.18. The monoisotopic (exact) mass is 370 g/mol. The fourth-order valence-electron chi connectivity index (χ4n) is 3.93. The molecule has 1 unspecified atom stereocenters. The fraction of sp³-hybridized carbons (Fsp3) is 0.286. The molecule has 2 heterocycles. The van der Waals surface area contributed by atoms with Gasteiger partial charge in [-0.15, -0.1) is 0 Å². The Hall–Kier alpha value is -2.17. The number of rotatable bonds is 3. The first-order chi connectivity index (χ1) is 12.6. The molecule has 1 saturated heterocycles. The van der Waals surface area contributed by atoms with Crippen LogP contribution in [0.15, 0.2) is 42.5 Å². The van der Waals surface area contributed by atoms with Crippen molar-refractivity contribution in [3.05, 3.63) is 70.0 Å². The summed E-state index contributed by atoms with van der Waals surface area (Å²) in [6.45, 7) is 2.28. The van der Waals surface area contributed by atoms with Gasteiger partial charge in [-0.3, -0.25) is 9.69 Å². The van der Waals surface area contributed by atoms with Gasteiger partial charge in [0.1, 0.15) is 5.82 Å². The van der Waals surface area contributed by atoms with Crippen LogP contribution in [-0.2, 0) is 11.2 Å². The largest absolute Gasteiger partial charge is 0.323 e. The highest BCUT2D eigenvalue weighted by atomic mass is 35.5. The van der Waals surface area contributed by atoms with Crippen molar-refractivity contribution in [1.82, 2.24) is 4.90 Å². The molecule has 1 amide bonds. The topological polar surface area (TPSA) is 32.3 Å². The summed E-state index contributed by atoms with van der Waals surface area (Å²) >= 11 is 5.98. The molecular formula is C21H20ClFN2O. The van der Waals surface area contributed by atoms with Crippen molar-refractivity contribution < 1.29 is 9.18 Å². The number of nitrogens with zero attached hydrogens (tertiary/aromatic N) is 1. The summed E-state index contributed by atoms with van der Waals surface area (Å²) in [6, 6.07) is 11.1. The summed E-state index contributed by atoms with van der Waals surface area (Å²) < 4.78 is 13.8. The van der Waals surface area contributed by atoms with Gasteiger partial charge in [-0.2, -0.15) is 0 Å². The van der Waals surface area contributed by atoms with Crippen LogP contribution < -0.4 is 5.32 Å². The SMILES string of the molecule is O=C(C=Cc1c(F)cccc1Cl)Nc1ccc2c(c1)C1CCCN1CC2. The maximum absolute atomic E-state index is 13.8. The highest BCUT2D eigenvalue weighted by molar-refractivity contribution is 6.32. The molecule has 0 spiro atoms. The minimum absolute atomic E-state index is 0.219. The van der Waals surface area contributed by atoms with E-state index in [9.17, 15) is 9.18 Å². The third-order valence-electron chi connectivity index (χ3n) is 5.21. The van der Waals surface area contributed by atoms with Crippen LogP contribution in [0.5, 0.6) is 0 Å². The number of hydrogen-bond donors (Lipinski definition) is 1. The zero-order valence-electron chi connectivity index (χ0n) is 14.3. The van der Waals surface area contributed by atoms with E-state index in [1.807, 2.05) is 6.07 Å². The second-order valence-corrected chi connectivity index (χ2v) is 7.22. The molecule has 0 aliphatic carbocycles. The van der Waals surface area contributed by atoms with E-state index in [4.69, 9.17) is 11.6 Å². The van der Waals surface area contributed by atoms with Gasteiger partial charge in [-0.1, -0.05) is 23.7 Å². The van der Waals surface area contributed by atoms with Crippen LogP contribution >= 0.6 is 11.6 Å². The number of nitrogens with one attached hydrogen (secondary N) is 1. The Morgan fingerprint density at radius 2 is 2.15 bits per heavy atom. The molecule has 1 atom stereocenters. The average molecular weight is 371 g/mol. The van der Waals surface area contributed by atoms with E-state index in [-0.39, 0.29) is 16.5 Å². The Bertz CT molecular complexity index is 860. The van der Waals surface area contributed by atoms with Crippen molar-refractivity contribution in [2.45, 2.75) is 25.3 Å². The standard InChI is InChI=1S/C21H20ClFN2O/c22-18-3-1-4-19(23)16(18)8-9-21(26)24-15-7-6-14-10-12-25-11-2-5-20(25)17(14)13-15/h1,3-4,6-9,13,20H,2,5,10-12H2,(H,24,26). The van der Waals surface area contributed by atoms with Gasteiger partial charge in [0, 0.05) is 29.9 Å². The predicted octanol–water partition coefficient (Wildman–Crippen LogP) is 4.82. The van der Waals surface area contributed by atoms with E-state index in [0.29, 0.717) is 6.04 Å². The number of carbonyl (C=O) groups is 1. The van der Waals surface area contributed by atoms with Crippen molar-refractivity contribution in [2.24, 2.45) is 0 Å². The van der Waals surface area contributed by atoms with Gasteiger partial charge in [-0.25, -0.2) is 4.39 Å². The number of benzene rings is 2. The maximum Gasteiger partial charge on any atom is 0.248 e. The summed E-state index contributed by atoms with van der Waals surface area (Å²) in [5, 5.41) is 3.15. The highest BCUT2D eigenvalue weighted by Crippen LogP contribution is 2.38. The number of amides is 1. The molecule has 0 radical (unpaired) electrons. The van der Waals surface area contributed by atoms with Crippen LogP contribution in [0.1, 0.15) is 35.6 Å². The van der Waals surface area contributed by atoms with Crippen LogP contribution in [0.2, 0.25) is 5.02 Å². The highest BCUT2D eigenvalue weighted by Gasteiger charge is 2.31. The molecule has 4 rings (SSSR count). The summed E-state index contributed by atoms with van der Waals surface area (Å²) in [5.74, 6) is -0.750. The minimum atomic E-state index is -0.448. The van der Waals surface area contributed by atoms with Gasteiger partial charge in [0.05, 0.1) is 5.02 Å². The lowest BCUT2D eigenvalue weighted by Crippen LogP contribution is -2.30. The Kier molecular flexibility index (Phi) is 4.79. The molecule has 2 aliphatic heterocycles. The molecule has 5 heteroatoms. The molecular weight excluding hydrogens is 351 g/mol. The maximum atomic E-state index is 13.8. The van der Waals surface area contributed by atoms with Crippen molar-refractivity contribution in [3.63, 3.8) is 0 Å². The molecule has 2 aromatic carbocycles. The lowest BCUT2D eigenvalue weighted by Gasteiger charge is -2.32. The van der Waals surface area contributed by atoms with Gasteiger partial charge in [0.2, 0.25) is 5.91 Å². The third kappa shape index (κ3) is 3.39. The number of carbonyl (C=O) groups excluding carboxylic acids is 1. The van der Waals surface area contributed by atoms with Crippen LogP contribution in [0, 0.1) is 5.82 Å². The van der Waals surface area contributed by atoms with E-state index >= 15 is 0 Å². The molecule has 1 fully saturated rings. The van der Waals surface area contributed by atoms with Gasteiger partial charge >= 0.3 is 0 Å². The van der Waals surface area contributed by atoms with Gasteiger partial charge in [0.25, 0.3) is 0 Å². The Morgan fingerprint density at radius 3 is 3.00 bits per heavy atom. The van der Waals surface area contributed by atoms with Crippen molar-refractivity contribution in [3.8, 4) is 0 Å². The normalized spacial score (nSPS) is 19.4. The van der Waals surface area contributed by atoms with Crippen molar-refractivity contribution >= 4 is 29.3 Å². The van der Waals surface area contributed by atoms with Gasteiger partial charge in [0.15, 0.2) is 0 Å². The quantitative estimate of drug-likeness (QED) is 0.785. The molecule has 2 aliphatic rings. The van der Waals surface area contributed by atoms with Crippen LogP contribution in [-0.4, -0.2) is 23.9 Å². The van der Waals surface area contributed by atoms with Crippen molar-refractivity contribution in [2.75, 3.05) is 18.4 Å². The van der Waals surface area contributed by atoms with E-state index in [1.54, 1.807) is 6.07 Å². The molecule has 0 saturated carbocycles. The lowest BCUT2D eigenvalue weighted by atomic mass is 9.92. The first-order valence-corrected chi connectivity index (χ1v) is 9.29. The zero-order chi connectivity index (χ0) is 18.1. The number of anilines is 1. The van der Waals surface area contributed by atoms with E-state index < -0.39 is 5.82 Å².